The fraction of sp³-hybridized carbons (Fsp3) is 0.364. The van der Waals surface area contributed by atoms with Crippen LogP contribution in [0.3, 0.4) is 0 Å². The fourth-order valence-electron chi connectivity index (χ4n) is 3.65. The summed E-state index contributed by atoms with van der Waals surface area (Å²) in [5.74, 6) is 0.613. The molecule has 26 heavy (non-hydrogen) atoms. The van der Waals surface area contributed by atoms with E-state index in [-0.39, 0.29) is 36.4 Å². The zero-order valence-corrected chi connectivity index (χ0v) is 15.2. The third kappa shape index (κ3) is 4.20. The summed E-state index contributed by atoms with van der Waals surface area (Å²) in [5, 5.41) is 0. The van der Waals surface area contributed by atoms with E-state index < -0.39 is 0 Å². The standard InChI is InChI=1S/C22H26N2O2/c1-16-7-9-18(10-8-16)21(25)11-12-22(26)24-14-19(13-23)20(15-24)17-5-3-2-4-6-17/h2-10,19-20H,11-15,23H2,1H3/t19-,20+/m1/s1. The highest BCUT2D eigenvalue weighted by atomic mass is 16.2. The van der Waals surface area contributed by atoms with Crippen LogP contribution in [0.5, 0.6) is 0 Å². The summed E-state index contributed by atoms with van der Waals surface area (Å²) >= 11 is 0. The van der Waals surface area contributed by atoms with E-state index in [9.17, 15) is 9.59 Å². The maximum Gasteiger partial charge on any atom is 0.223 e. The number of aryl methyl sites for hydroxylation is 1. The number of hydrogen-bond acceptors (Lipinski definition) is 3. The molecule has 1 fully saturated rings. The molecule has 2 aromatic carbocycles. The number of likely N-dealkylation sites (tertiary alicyclic amines) is 1. The van der Waals surface area contributed by atoms with Crippen LogP contribution in [0.1, 0.15) is 40.2 Å². The first kappa shape index (κ1) is 18.3. The molecular formula is C22H26N2O2. The van der Waals surface area contributed by atoms with Crippen LogP contribution < -0.4 is 5.73 Å². The second kappa shape index (κ2) is 8.28. The largest absolute Gasteiger partial charge is 0.342 e. The Hall–Kier alpha value is -2.46. The monoisotopic (exact) mass is 350 g/mol. The lowest BCUT2D eigenvalue weighted by Gasteiger charge is -2.16. The average molecular weight is 350 g/mol. The van der Waals surface area contributed by atoms with E-state index in [0.29, 0.717) is 25.2 Å². The van der Waals surface area contributed by atoms with Gasteiger partial charge in [0.25, 0.3) is 0 Å². The van der Waals surface area contributed by atoms with Gasteiger partial charge in [-0.2, -0.15) is 0 Å². The Labute approximate surface area is 155 Å². The van der Waals surface area contributed by atoms with Crippen LogP contribution in [0.25, 0.3) is 0 Å². The summed E-state index contributed by atoms with van der Waals surface area (Å²) in [6.07, 6.45) is 0.507. The summed E-state index contributed by atoms with van der Waals surface area (Å²) in [4.78, 5) is 26.8. The number of amides is 1. The molecule has 3 rings (SSSR count). The second-order valence-electron chi connectivity index (χ2n) is 7.10. The van der Waals surface area contributed by atoms with E-state index in [1.807, 2.05) is 54.3 Å². The predicted octanol–water partition coefficient (Wildman–Crippen LogP) is 3.16. The van der Waals surface area contributed by atoms with Gasteiger partial charge in [-0.3, -0.25) is 9.59 Å². The Morgan fingerprint density at radius 3 is 2.35 bits per heavy atom. The van der Waals surface area contributed by atoms with Crippen LogP contribution in [-0.2, 0) is 4.79 Å². The number of Topliss-reactive ketones (excluding diaryl/α,β-unsaturated/α-hetero) is 1. The lowest BCUT2D eigenvalue weighted by atomic mass is 9.89. The van der Waals surface area contributed by atoms with Crippen molar-refractivity contribution >= 4 is 11.7 Å². The molecule has 1 saturated heterocycles. The summed E-state index contributed by atoms with van der Waals surface area (Å²) in [7, 11) is 0. The highest BCUT2D eigenvalue weighted by Crippen LogP contribution is 2.32. The van der Waals surface area contributed by atoms with Gasteiger partial charge in [0.15, 0.2) is 5.78 Å². The topological polar surface area (TPSA) is 63.4 Å². The molecule has 0 radical (unpaired) electrons. The molecule has 0 saturated carbocycles. The average Bonchev–Trinajstić information content (AvgIpc) is 3.11. The molecule has 1 aliphatic rings. The van der Waals surface area contributed by atoms with E-state index in [1.54, 1.807) is 0 Å². The SMILES string of the molecule is Cc1ccc(C(=O)CCC(=O)N2C[C@@H](CN)[C@H](c3ccccc3)C2)cc1. The van der Waals surface area contributed by atoms with Gasteiger partial charge < -0.3 is 10.6 Å². The van der Waals surface area contributed by atoms with Crippen LogP contribution in [-0.4, -0.2) is 36.2 Å². The number of benzene rings is 2. The van der Waals surface area contributed by atoms with Crippen LogP contribution in [0, 0.1) is 12.8 Å². The summed E-state index contributed by atoms with van der Waals surface area (Å²) in [6, 6.07) is 17.7. The van der Waals surface area contributed by atoms with E-state index in [2.05, 4.69) is 12.1 Å². The Bertz CT molecular complexity index is 755. The Morgan fingerprint density at radius 2 is 1.69 bits per heavy atom. The molecule has 2 N–H and O–H groups in total. The van der Waals surface area contributed by atoms with E-state index >= 15 is 0 Å². The van der Waals surface area contributed by atoms with Crippen molar-refractivity contribution in [2.45, 2.75) is 25.7 Å². The maximum atomic E-state index is 12.6. The number of rotatable bonds is 6. The molecular weight excluding hydrogens is 324 g/mol. The molecule has 0 aromatic heterocycles. The highest BCUT2D eigenvalue weighted by molar-refractivity contribution is 5.98. The lowest BCUT2D eigenvalue weighted by molar-refractivity contribution is -0.130. The number of nitrogens with two attached hydrogens (primary N) is 1. The number of nitrogens with zero attached hydrogens (tertiary/aromatic N) is 1. The third-order valence-electron chi connectivity index (χ3n) is 5.26. The van der Waals surface area contributed by atoms with Gasteiger partial charge in [0.05, 0.1) is 0 Å². The first-order valence-corrected chi connectivity index (χ1v) is 9.21. The van der Waals surface area contributed by atoms with E-state index in [4.69, 9.17) is 5.73 Å². The molecule has 0 unspecified atom stereocenters. The van der Waals surface area contributed by atoms with Crippen LogP contribution >= 0.6 is 0 Å². The molecule has 0 aliphatic carbocycles. The number of carbonyl (C=O) groups excluding carboxylic acids is 2. The van der Waals surface area contributed by atoms with Gasteiger partial charge in [0.2, 0.25) is 5.91 Å². The quantitative estimate of drug-likeness (QED) is 0.814. The predicted molar refractivity (Wildman–Crippen MR) is 103 cm³/mol. The molecule has 1 aliphatic heterocycles. The van der Waals surface area contributed by atoms with Crippen molar-refractivity contribution in [3.8, 4) is 0 Å². The molecule has 2 aromatic rings. The van der Waals surface area contributed by atoms with Crippen molar-refractivity contribution in [2.75, 3.05) is 19.6 Å². The highest BCUT2D eigenvalue weighted by Gasteiger charge is 2.35. The van der Waals surface area contributed by atoms with Crippen molar-refractivity contribution in [1.82, 2.24) is 4.90 Å². The minimum Gasteiger partial charge on any atom is -0.342 e. The zero-order chi connectivity index (χ0) is 18.5. The molecule has 0 spiro atoms. The number of ketones is 1. The lowest BCUT2D eigenvalue weighted by Crippen LogP contribution is -2.30. The second-order valence-corrected chi connectivity index (χ2v) is 7.10. The van der Waals surface area contributed by atoms with Gasteiger partial charge in [0, 0.05) is 37.4 Å². The minimum atomic E-state index is 0.0209. The zero-order valence-electron chi connectivity index (χ0n) is 15.2. The normalized spacial score (nSPS) is 19.5. The first-order valence-electron chi connectivity index (χ1n) is 9.21. The van der Waals surface area contributed by atoms with Crippen molar-refractivity contribution in [3.63, 3.8) is 0 Å². The van der Waals surface area contributed by atoms with Crippen molar-refractivity contribution in [3.05, 3.63) is 71.3 Å². The molecule has 4 heteroatoms. The number of carbonyl (C=O) groups is 2. The fourth-order valence-corrected chi connectivity index (χ4v) is 3.65. The maximum absolute atomic E-state index is 12.6. The molecule has 1 amide bonds. The smallest absolute Gasteiger partial charge is 0.223 e. The van der Waals surface area contributed by atoms with Crippen LogP contribution in [0.15, 0.2) is 54.6 Å². The molecule has 0 bridgehead atoms. The number of hydrogen-bond donors (Lipinski definition) is 1. The summed E-state index contributed by atoms with van der Waals surface area (Å²) < 4.78 is 0. The van der Waals surface area contributed by atoms with Crippen molar-refractivity contribution in [2.24, 2.45) is 11.7 Å². The van der Waals surface area contributed by atoms with Crippen molar-refractivity contribution < 1.29 is 9.59 Å². The van der Waals surface area contributed by atoms with Gasteiger partial charge in [0.1, 0.15) is 0 Å². The Balaban J connectivity index is 1.58. The Kier molecular flexibility index (Phi) is 5.84. The molecule has 4 nitrogen and oxygen atoms in total. The van der Waals surface area contributed by atoms with E-state index in [0.717, 1.165) is 5.56 Å². The first-order chi connectivity index (χ1) is 12.6. The van der Waals surface area contributed by atoms with Crippen LogP contribution in [0.4, 0.5) is 0 Å². The molecule has 136 valence electrons. The summed E-state index contributed by atoms with van der Waals surface area (Å²) in [6.45, 7) is 3.91. The van der Waals surface area contributed by atoms with Crippen molar-refractivity contribution in [1.29, 1.82) is 0 Å². The van der Waals surface area contributed by atoms with Gasteiger partial charge in [-0.15, -0.1) is 0 Å². The minimum absolute atomic E-state index is 0.0209. The Morgan fingerprint density at radius 1 is 1.00 bits per heavy atom. The molecule has 1 heterocycles. The summed E-state index contributed by atoms with van der Waals surface area (Å²) in [5.41, 5.74) is 8.97. The van der Waals surface area contributed by atoms with Crippen LogP contribution in [0.2, 0.25) is 0 Å². The van der Waals surface area contributed by atoms with Gasteiger partial charge in [-0.05, 0) is 24.9 Å². The van der Waals surface area contributed by atoms with Gasteiger partial charge in [-0.1, -0.05) is 60.2 Å². The molecule has 2 atom stereocenters. The van der Waals surface area contributed by atoms with Gasteiger partial charge in [-0.25, -0.2) is 0 Å². The van der Waals surface area contributed by atoms with Gasteiger partial charge >= 0.3 is 0 Å². The third-order valence-corrected chi connectivity index (χ3v) is 5.26. The van der Waals surface area contributed by atoms with E-state index in [1.165, 1.54) is 5.56 Å².